The summed E-state index contributed by atoms with van der Waals surface area (Å²) in [6.07, 6.45) is 0. The van der Waals surface area contributed by atoms with Crippen LogP contribution in [0.5, 0.6) is 0 Å². The smallest absolute Gasteiger partial charge is 0.162 e. The lowest BCUT2D eigenvalue weighted by atomic mass is 9.91. The summed E-state index contributed by atoms with van der Waals surface area (Å²) in [5, 5.41) is 3.14. The molecule has 0 saturated heterocycles. The summed E-state index contributed by atoms with van der Waals surface area (Å²) >= 11 is 0. The van der Waals surface area contributed by atoms with Crippen LogP contribution < -0.4 is 5.32 Å². The van der Waals surface area contributed by atoms with Gasteiger partial charge < -0.3 is 5.32 Å². The van der Waals surface area contributed by atoms with Gasteiger partial charge in [-0.25, -0.2) is 9.97 Å². The van der Waals surface area contributed by atoms with Crippen LogP contribution in [-0.4, -0.2) is 17.0 Å². The van der Waals surface area contributed by atoms with Crippen LogP contribution in [0.4, 0.5) is 5.82 Å². The van der Waals surface area contributed by atoms with Crippen molar-refractivity contribution in [2.24, 2.45) is 0 Å². The van der Waals surface area contributed by atoms with Crippen molar-refractivity contribution < 1.29 is 0 Å². The molecule has 112 valence electrons. The van der Waals surface area contributed by atoms with Crippen LogP contribution in [0.2, 0.25) is 0 Å². The minimum absolute atomic E-state index is 0.00304. The number of anilines is 1. The average Bonchev–Trinajstić information content (AvgIpc) is 2.41. The van der Waals surface area contributed by atoms with Gasteiger partial charge in [0.05, 0.1) is 5.69 Å². The third-order valence-electron chi connectivity index (χ3n) is 3.83. The lowest BCUT2D eigenvalue weighted by molar-refractivity contribution is 0.568. The summed E-state index contributed by atoms with van der Waals surface area (Å²) in [7, 11) is 1.89. The number of aromatic nitrogens is 2. The SMILES string of the molecule is CNc1cc(C(C)(C)C)nc(-c2cc(C)c(C)cc2C)n1. The van der Waals surface area contributed by atoms with Crippen molar-refractivity contribution in [2.45, 2.75) is 47.0 Å². The van der Waals surface area contributed by atoms with E-state index in [1.165, 1.54) is 16.7 Å². The average molecular weight is 283 g/mol. The monoisotopic (exact) mass is 283 g/mol. The second-order valence-corrected chi connectivity index (χ2v) is 6.71. The zero-order chi connectivity index (χ0) is 15.8. The molecule has 1 heterocycles. The maximum atomic E-state index is 4.80. The zero-order valence-electron chi connectivity index (χ0n) is 14.1. The fourth-order valence-corrected chi connectivity index (χ4v) is 2.28. The maximum Gasteiger partial charge on any atom is 0.162 e. The first kappa shape index (κ1) is 15.5. The Labute approximate surface area is 127 Å². The molecule has 0 radical (unpaired) electrons. The molecular weight excluding hydrogens is 258 g/mol. The molecule has 0 aliphatic heterocycles. The Bertz CT molecular complexity index is 667. The van der Waals surface area contributed by atoms with Crippen molar-refractivity contribution >= 4 is 5.82 Å². The molecule has 0 unspecified atom stereocenters. The van der Waals surface area contributed by atoms with E-state index in [0.29, 0.717) is 0 Å². The standard InChI is InChI=1S/C18H25N3/c1-11-8-13(3)14(9-12(11)2)17-20-15(18(4,5)6)10-16(19-7)21-17/h8-10H,1-7H3,(H,19,20,21). The number of nitrogens with zero attached hydrogens (tertiary/aromatic N) is 2. The summed E-state index contributed by atoms with van der Waals surface area (Å²) in [5.41, 5.74) is 5.95. The Morgan fingerprint density at radius 2 is 1.48 bits per heavy atom. The van der Waals surface area contributed by atoms with Crippen LogP contribution in [0, 0.1) is 20.8 Å². The number of hydrogen-bond donors (Lipinski definition) is 1. The van der Waals surface area contributed by atoms with E-state index in [4.69, 9.17) is 4.98 Å². The summed E-state index contributed by atoms with van der Waals surface area (Å²) < 4.78 is 0. The Hall–Kier alpha value is -1.90. The predicted molar refractivity (Wildman–Crippen MR) is 89.9 cm³/mol. The minimum atomic E-state index is -0.00304. The summed E-state index contributed by atoms with van der Waals surface area (Å²) in [6.45, 7) is 12.9. The molecule has 2 aromatic rings. The molecule has 1 aromatic carbocycles. The van der Waals surface area contributed by atoms with Crippen molar-refractivity contribution in [3.05, 3.63) is 40.6 Å². The van der Waals surface area contributed by atoms with Crippen LogP contribution in [0.25, 0.3) is 11.4 Å². The summed E-state index contributed by atoms with van der Waals surface area (Å²) in [6, 6.07) is 6.42. The van der Waals surface area contributed by atoms with Gasteiger partial charge in [0.15, 0.2) is 5.82 Å². The lowest BCUT2D eigenvalue weighted by Crippen LogP contribution is -2.15. The molecule has 2 rings (SSSR count). The van der Waals surface area contributed by atoms with E-state index in [9.17, 15) is 0 Å². The van der Waals surface area contributed by atoms with Crippen molar-refractivity contribution in [3.63, 3.8) is 0 Å². The van der Waals surface area contributed by atoms with E-state index in [2.05, 4.69) is 64.0 Å². The minimum Gasteiger partial charge on any atom is -0.373 e. The highest BCUT2D eigenvalue weighted by Gasteiger charge is 2.19. The molecule has 1 aromatic heterocycles. The molecule has 3 nitrogen and oxygen atoms in total. The Morgan fingerprint density at radius 3 is 2.05 bits per heavy atom. The molecule has 1 N–H and O–H groups in total. The van der Waals surface area contributed by atoms with Gasteiger partial charge in [-0.05, 0) is 43.5 Å². The Morgan fingerprint density at radius 1 is 0.857 bits per heavy atom. The van der Waals surface area contributed by atoms with Gasteiger partial charge in [0.1, 0.15) is 5.82 Å². The number of hydrogen-bond acceptors (Lipinski definition) is 3. The van der Waals surface area contributed by atoms with E-state index in [1.54, 1.807) is 0 Å². The lowest BCUT2D eigenvalue weighted by Gasteiger charge is -2.20. The molecule has 0 amide bonds. The summed E-state index contributed by atoms with van der Waals surface area (Å²) in [5.74, 6) is 1.66. The van der Waals surface area contributed by atoms with E-state index < -0.39 is 0 Å². The van der Waals surface area contributed by atoms with Crippen LogP contribution in [0.1, 0.15) is 43.2 Å². The normalized spacial score (nSPS) is 11.6. The molecular formula is C18H25N3. The fourth-order valence-electron chi connectivity index (χ4n) is 2.28. The molecule has 0 bridgehead atoms. The second-order valence-electron chi connectivity index (χ2n) is 6.71. The highest BCUT2D eigenvalue weighted by atomic mass is 15.0. The quantitative estimate of drug-likeness (QED) is 0.887. The zero-order valence-corrected chi connectivity index (χ0v) is 14.1. The van der Waals surface area contributed by atoms with Gasteiger partial charge in [0.25, 0.3) is 0 Å². The highest BCUT2D eigenvalue weighted by Crippen LogP contribution is 2.28. The van der Waals surface area contributed by atoms with Crippen molar-refractivity contribution in [3.8, 4) is 11.4 Å². The maximum absolute atomic E-state index is 4.80. The van der Waals surface area contributed by atoms with Crippen molar-refractivity contribution in [1.29, 1.82) is 0 Å². The molecule has 0 spiro atoms. The predicted octanol–water partition coefficient (Wildman–Crippen LogP) is 4.41. The van der Waals surface area contributed by atoms with Crippen LogP contribution in [0.3, 0.4) is 0 Å². The van der Waals surface area contributed by atoms with Gasteiger partial charge >= 0.3 is 0 Å². The van der Waals surface area contributed by atoms with Crippen LogP contribution in [0.15, 0.2) is 18.2 Å². The van der Waals surface area contributed by atoms with E-state index in [-0.39, 0.29) is 5.41 Å². The van der Waals surface area contributed by atoms with Gasteiger partial charge in [-0.15, -0.1) is 0 Å². The summed E-state index contributed by atoms with van der Waals surface area (Å²) in [4.78, 5) is 9.45. The van der Waals surface area contributed by atoms with Gasteiger partial charge in [-0.1, -0.05) is 26.8 Å². The molecule has 0 aliphatic carbocycles. The van der Waals surface area contributed by atoms with Gasteiger partial charge in [0, 0.05) is 24.1 Å². The van der Waals surface area contributed by atoms with E-state index in [0.717, 1.165) is 22.9 Å². The second kappa shape index (κ2) is 5.47. The number of rotatable bonds is 2. The molecule has 0 fully saturated rings. The van der Waals surface area contributed by atoms with Crippen molar-refractivity contribution in [2.75, 3.05) is 12.4 Å². The molecule has 3 heteroatoms. The topological polar surface area (TPSA) is 37.8 Å². The Balaban J connectivity index is 2.66. The van der Waals surface area contributed by atoms with Crippen LogP contribution >= 0.6 is 0 Å². The van der Waals surface area contributed by atoms with E-state index in [1.807, 2.05) is 13.1 Å². The number of benzene rings is 1. The third kappa shape index (κ3) is 3.23. The molecule has 0 aliphatic rings. The van der Waals surface area contributed by atoms with E-state index >= 15 is 0 Å². The first-order valence-corrected chi connectivity index (χ1v) is 7.38. The number of nitrogens with one attached hydrogen (secondary N) is 1. The van der Waals surface area contributed by atoms with Gasteiger partial charge in [-0.3, -0.25) is 0 Å². The highest BCUT2D eigenvalue weighted by molar-refractivity contribution is 5.64. The largest absolute Gasteiger partial charge is 0.373 e. The van der Waals surface area contributed by atoms with Crippen molar-refractivity contribution in [1.82, 2.24) is 9.97 Å². The number of aryl methyl sites for hydroxylation is 3. The first-order valence-electron chi connectivity index (χ1n) is 7.38. The fraction of sp³-hybridized carbons (Fsp3) is 0.444. The van der Waals surface area contributed by atoms with Gasteiger partial charge in [-0.2, -0.15) is 0 Å². The third-order valence-corrected chi connectivity index (χ3v) is 3.83. The first-order chi connectivity index (χ1) is 9.72. The van der Waals surface area contributed by atoms with Gasteiger partial charge in [0.2, 0.25) is 0 Å². The molecule has 0 saturated carbocycles. The van der Waals surface area contributed by atoms with Crippen LogP contribution in [-0.2, 0) is 5.41 Å². The Kier molecular flexibility index (Phi) is 4.04. The molecule has 0 atom stereocenters. The molecule has 21 heavy (non-hydrogen) atoms.